The minimum atomic E-state index is 0. The van der Waals surface area contributed by atoms with Crippen LogP contribution in [0.2, 0.25) is 0 Å². The monoisotopic (exact) mass is 795 g/mol. The van der Waals surface area contributed by atoms with Crippen LogP contribution in [0.4, 0.5) is 0 Å². The zero-order chi connectivity index (χ0) is 32.2. The van der Waals surface area contributed by atoms with Gasteiger partial charge in [-0.05, 0) is 70.2 Å². The molecule has 0 amide bonds. The average Bonchev–Trinajstić information content (AvgIpc) is 3.64. The number of benzene rings is 3. The molecule has 0 unspecified atom stereocenters. The molecule has 0 spiro atoms. The Kier molecular flexibility index (Phi) is 12.0. The van der Waals surface area contributed by atoms with E-state index in [0.29, 0.717) is 36.5 Å². The predicted octanol–water partition coefficient (Wildman–Crippen LogP) is 11.8. The molecule has 5 heteroatoms. The number of carbonyl (C=O) groups is 1. The van der Waals surface area contributed by atoms with Crippen molar-refractivity contribution in [3.05, 3.63) is 89.3 Å². The van der Waals surface area contributed by atoms with Gasteiger partial charge in [0, 0.05) is 50.6 Å². The molecular weight excluding hydrogens is 747 g/mol. The van der Waals surface area contributed by atoms with E-state index in [1.807, 2.05) is 39.8 Å². The van der Waals surface area contributed by atoms with Crippen molar-refractivity contribution in [2.75, 3.05) is 0 Å². The fraction of sp³-hybridized carbons (Fsp3) is 0.415. The van der Waals surface area contributed by atoms with Crippen molar-refractivity contribution in [2.24, 2.45) is 11.8 Å². The third-order valence-electron chi connectivity index (χ3n) is 8.73. The van der Waals surface area contributed by atoms with Crippen LogP contribution >= 0.6 is 0 Å². The SMILES string of the molecule is CC(C)CC(=O)/C=C(\O)CC(C)C.Cc1[c-]c(-c2ncc(C(C)C)c3cc(C4CCCC4)ccc23)c2oc3ccccc3c2c1.[Ir]. The topological polar surface area (TPSA) is 63.3 Å². The Labute approximate surface area is 288 Å². The van der Waals surface area contributed by atoms with E-state index >= 15 is 0 Å². The zero-order valence-corrected chi connectivity index (χ0v) is 30.8. The van der Waals surface area contributed by atoms with Gasteiger partial charge >= 0.3 is 0 Å². The van der Waals surface area contributed by atoms with Crippen molar-refractivity contribution in [1.82, 2.24) is 4.98 Å². The Morgan fingerprint density at radius 2 is 1.63 bits per heavy atom. The Hall–Kier alpha value is -3.27. The number of furan rings is 1. The van der Waals surface area contributed by atoms with Crippen LogP contribution in [-0.4, -0.2) is 15.9 Å². The molecule has 1 aliphatic rings. The first-order chi connectivity index (χ1) is 21.5. The summed E-state index contributed by atoms with van der Waals surface area (Å²) in [4.78, 5) is 16.2. The molecule has 0 saturated heterocycles. The van der Waals surface area contributed by atoms with E-state index in [-0.39, 0.29) is 31.6 Å². The van der Waals surface area contributed by atoms with Gasteiger partial charge in [-0.3, -0.25) is 4.79 Å². The number of aromatic nitrogens is 1. The first-order valence-electron chi connectivity index (χ1n) is 16.7. The van der Waals surface area contributed by atoms with Crippen molar-refractivity contribution in [1.29, 1.82) is 0 Å². The molecule has 1 N–H and O–H groups in total. The summed E-state index contributed by atoms with van der Waals surface area (Å²) in [7, 11) is 0. The summed E-state index contributed by atoms with van der Waals surface area (Å²) in [6.45, 7) is 14.6. The Bertz CT molecular complexity index is 1840. The number of allylic oxidation sites excluding steroid dienone is 2. The van der Waals surface area contributed by atoms with E-state index in [2.05, 4.69) is 69.4 Å². The molecule has 6 rings (SSSR count). The molecule has 1 fully saturated rings. The first-order valence-corrected chi connectivity index (χ1v) is 16.7. The summed E-state index contributed by atoms with van der Waals surface area (Å²) in [6.07, 6.45) is 9.86. The van der Waals surface area contributed by atoms with Crippen LogP contribution in [0.3, 0.4) is 0 Å². The molecule has 2 heterocycles. The number of hydrogen-bond donors (Lipinski definition) is 1. The Morgan fingerprint density at radius 1 is 0.935 bits per heavy atom. The van der Waals surface area contributed by atoms with E-state index in [0.717, 1.165) is 38.8 Å². The molecule has 0 atom stereocenters. The number of fused-ring (bicyclic) bond motifs is 4. The number of aliphatic hydroxyl groups is 1. The van der Waals surface area contributed by atoms with Gasteiger partial charge in [0.15, 0.2) is 5.78 Å². The summed E-state index contributed by atoms with van der Waals surface area (Å²) in [5, 5.41) is 14.1. The third-order valence-corrected chi connectivity index (χ3v) is 8.73. The summed E-state index contributed by atoms with van der Waals surface area (Å²) in [5.41, 5.74) is 7.62. The smallest absolute Gasteiger partial charge is 0.159 e. The zero-order valence-electron chi connectivity index (χ0n) is 28.4. The second kappa shape index (κ2) is 15.5. The maximum absolute atomic E-state index is 11.2. The van der Waals surface area contributed by atoms with E-state index in [4.69, 9.17) is 9.40 Å². The van der Waals surface area contributed by atoms with Gasteiger partial charge < -0.3 is 14.5 Å². The van der Waals surface area contributed by atoms with Gasteiger partial charge in [0.05, 0.1) is 11.3 Å². The van der Waals surface area contributed by atoms with Crippen molar-refractivity contribution >= 4 is 38.5 Å². The number of rotatable bonds is 8. The van der Waals surface area contributed by atoms with E-state index in [1.54, 1.807) is 0 Å². The normalized spacial score (nSPS) is 14.0. The van der Waals surface area contributed by atoms with Crippen LogP contribution in [0.15, 0.2) is 71.0 Å². The maximum atomic E-state index is 11.2. The molecule has 1 radical (unpaired) electrons. The van der Waals surface area contributed by atoms with Crippen molar-refractivity contribution in [3.8, 4) is 11.3 Å². The quantitative estimate of drug-likeness (QED) is 0.0965. The van der Waals surface area contributed by atoms with Gasteiger partial charge in [0.25, 0.3) is 0 Å². The largest absolute Gasteiger partial charge is 0.512 e. The van der Waals surface area contributed by atoms with Crippen LogP contribution < -0.4 is 0 Å². The number of nitrogens with zero attached hydrogens (tertiary/aromatic N) is 1. The summed E-state index contributed by atoms with van der Waals surface area (Å²) in [6, 6.07) is 21.1. The van der Waals surface area contributed by atoms with Gasteiger partial charge in [-0.15, -0.1) is 17.7 Å². The molecule has 1 saturated carbocycles. The minimum Gasteiger partial charge on any atom is -0.512 e. The van der Waals surface area contributed by atoms with Gasteiger partial charge in [0.2, 0.25) is 0 Å². The minimum absolute atomic E-state index is 0. The number of aryl methyl sites for hydroxylation is 1. The Balaban J connectivity index is 0.000000295. The Morgan fingerprint density at radius 3 is 2.30 bits per heavy atom. The molecule has 3 aromatic carbocycles. The number of pyridine rings is 1. The third kappa shape index (κ3) is 8.17. The maximum Gasteiger partial charge on any atom is 0.159 e. The van der Waals surface area contributed by atoms with E-state index in [1.165, 1.54) is 53.7 Å². The summed E-state index contributed by atoms with van der Waals surface area (Å²) < 4.78 is 6.35. The fourth-order valence-corrected chi connectivity index (χ4v) is 6.64. The number of para-hydroxylation sites is 1. The molecule has 5 aromatic rings. The summed E-state index contributed by atoms with van der Waals surface area (Å²) in [5.74, 6) is 2.10. The van der Waals surface area contributed by atoms with Crippen LogP contribution in [0.5, 0.6) is 0 Å². The predicted molar refractivity (Wildman–Crippen MR) is 188 cm³/mol. The molecule has 1 aliphatic carbocycles. The van der Waals surface area contributed by atoms with Crippen molar-refractivity contribution in [2.45, 2.75) is 98.8 Å². The standard InChI is InChI=1S/C30H28NO.C11H20O2.Ir/c1-18(2)27-17-31-29(23-13-12-21(16-24(23)27)20-8-4-5-9-20)26-15-19(3)14-25-22-10-6-7-11-28(22)32-30(25)26;1-8(2)5-10(12)7-11(13)6-9(3)4;/h6-7,10-14,16-18,20H,4-5,8-9H2,1-3H3;7-9,12H,5-6H2,1-4H3;/q-1;;/b;10-7-;. The van der Waals surface area contributed by atoms with E-state index < -0.39 is 0 Å². The summed E-state index contributed by atoms with van der Waals surface area (Å²) >= 11 is 0. The number of hydrogen-bond acceptors (Lipinski definition) is 4. The fourth-order valence-electron chi connectivity index (χ4n) is 6.64. The van der Waals surface area contributed by atoms with Crippen LogP contribution in [-0.2, 0) is 24.9 Å². The molecule has 4 nitrogen and oxygen atoms in total. The number of aliphatic hydroxyl groups excluding tert-OH is 1. The molecule has 46 heavy (non-hydrogen) atoms. The van der Waals surface area contributed by atoms with Crippen LogP contribution in [0, 0.1) is 24.8 Å². The second-order valence-electron chi connectivity index (χ2n) is 14.0. The van der Waals surface area contributed by atoms with Gasteiger partial charge in [-0.25, -0.2) is 0 Å². The van der Waals surface area contributed by atoms with Crippen LogP contribution in [0.25, 0.3) is 44.0 Å². The van der Waals surface area contributed by atoms with Gasteiger partial charge in [0.1, 0.15) is 5.58 Å². The first kappa shape index (κ1) is 35.6. The number of carbonyl (C=O) groups excluding carboxylic acids is 1. The average molecular weight is 795 g/mol. The molecule has 2 aromatic heterocycles. The molecular formula is C41H48IrNO3-. The molecule has 0 bridgehead atoms. The van der Waals surface area contributed by atoms with Crippen molar-refractivity contribution in [3.63, 3.8) is 0 Å². The van der Waals surface area contributed by atoms with Crippen molar-refractivity contribution < 1.29 is 34.4 Å². The van der Waals surface area contributed by atoms with Crippen LogP contribution in [0.1, 0.15) is 109 Å². The number of ketones is 1. The van der Waals surface area contributed by atoms with E-state index in [9.17, 15) is 9.90 Å². The molecule has 245 valence electrons. The molecule has 0 aliphatic heterocycles. The second-order valence-corrected chi connectivity index (χ2v) is 14.0. The van der Waals surface area contributed by atoms with Gasteiger partial charge in [-0.1, -0.05) is 109 Å². The van der Waals surface area contributed by atoms with Gasteiger partial charge in [-0.2, -0.15) is 0 Å².